The predicted octanol–water partition coefficient (Wildman–Crippen LogP) is 6.00. The van der Waals surface area contributed by atoms with Gasteiger partial charge >= 0.3 is 0 Å². The number of nitrogens with one attached hydrogen (secondary N) is 1. The number of hydrogen-bond acceptors (Lipinski definition) is 1. The summed E-state index contributed by atoms with van der Waals surface area (Å²) in [4.78, 5) is 3.25. The number of rotatable bonds is 1. The third-order valence-corrected chi connectivity index (χ3v) is 5.72. The van der Waals surface area contributed by atoms with Crippen molar-refractivity contribution in [2.75, 3.05) is 0 Å². The average molecular weight is 329 g/mol. The highest BCUT2D eigenvalue weighted by molar-refractivity contribution is 7.71. The summed E-state index contributed by atoms with van der Waals surface area (Å²) in [5.41, 5.74) is 2.03. The minimum atomic E-state index is 0.458. The lowest BCUT2D eigenvalue weighted by atomic mass is 9.79. The van der Waals surface area contributed by atoms with E-state index in [-0.39, 0.29) is 0 Å². The standard InChI is InChI=1S/C15H18Cl2N2S/c1-8-3-4-10(5-9(8)2)19-14-7-12(17)11(16)6-13(14)18-15(19)20/h6-10H,3-5H2,1-2H3,(H,18,20). The van der Waals surface area contributed by atoms with Crippen LogP contribution in [0.4, 0.5) is 0 Å². The number of H-pyrrole nitrogens is 1. The van der Waals surface area contributed by atoms with Crippen LogP contribution in [0.5, 0.6) is 0 Å². The Morgan fingerprint density at radius 2 is 1.85 bits per heavy atom. The molecule has 1 heterocycles. The minimum absolute atomic E-state index is 0.458. The lowest BCUT2D eigenvalue weighted by Gasteiger charge is -2.33. The highest BCUT2D eigenvalue weighted by atomic mass is 35.5. The fraction of sp³-hybridized carbons (Fsp3) is 0.533. The molecule has 0 saturated heterocycles. The van der Waals surface area contributed by atoms with Crippen LogP contribution in [0.2, 0.25) is 10.0 Å². The van der Waals surface area contributed by atoms with Crippen molar-refractivity contribution >= 4 is 46.5 Å². The van der Waals surface area contributed by atoms with Crippen LogP contribution in [0.25, 0.3) is 11.0 Å². The van der Waals surface area contributed by atoms with E-state index in [9.17, 15) is 0 Å². The third-order valence-electron chi connectivity index (χ3n) is 4.69. The molecule has 0 amide bonds. The number of nitrogens with zero attached hydrogens (tertiary/aromatic N) is 1. The number of aromatic nitrogens is 2. The second kappa shape index (κ2) is 5.36. The molecule has 0 aliphatic heterocycles. The Morgan fingerprint density at radius 1 is 1.15 bits per heavy atom. The van der Waals surface area contributed by atoms with Crippen LogP contribution in [0.1, 0.15) is 39.2 Å². The van der Waals surface area contributed by atoms with Gasteiger partial charge in [-0.25, -0.2) is 0 Å². The van der Waals surface area contributed by atoms with Crippen LogP contribution in [0.15, 0.2) is 12.1 Å². The predicted molar refractivity (Wildman–Crippen MR) is 88.4 cm³/mol. The number of fused-ring (bicyclic) bond motifs is 1. The Kier molecular flexibility index (Phi) is 3.87. The van der Waals surface area contributed by atoms with Gasteiger partial charge in [-0.2, -0.15) is 0 Å². The number of hydrogen-bond donors (Lipinski definition) is 1. The Labute approximate surface area is 134 Å². The summed E-state index contributed by atoms with van der Waals surface area (Å²) in [5.74, 6) is 1.52. The van der Waals surface area contributed by atoms with Gasteiger partial charge in [0.15, 0.2) is 4.77 Å². The highest BCUT2D eigenvalue weighted by Gasteiger charge is 2.27. The van der Waals surface area contributed by atoms with Crippen LogP contribution in [0, 0.1) is 16.6 Å². The van der Waals surface area contributed by atoms with Crippen LogP contribution < -0.4 is 0 Å². The molecule has 1 aromatic heterocycles. The van der Waals surface area contributed by atoms with Gasteiger partial charge in [0.1, 0.15) is 0 Å². The van der Waals surface area contributed by atoms with Crippen LogP contribution in [-0.2, 0) is 0 Å². The first-order valence-electron chi connectivity index (χ1n) is 7.06. The van der Waals surface area contributed by atoms with Gasteiger partial charge in [-0.3, -0.25) is 0 Å². The molecule has 1 aliphatic rings. The molecule has 1 saturated carbocycles. The number of aromatic amines is 1. The van der Waals surface area contributed by atoms with Crippen molar-refractivity contribution in [3.63, 3.8) is 0 Å². The minimum Gasteiger partial charge on any atom is -0.331 e. The molecule has 108 valence electrons. The summed E-state index contributed by atoms with van der Waals surface area (Å²) in [5, 5.41) is 1.15. The van der Waals surface area contributed by atoms with E-state index in [2.05, 4.69) is 23.4 Å². The van der Waals surface area contributed by atoms with E-state index < -0.39 is 0 Å². The summed E-state index contributed by atoms with van der Waals surface area (Å²) in [6.45, 7) is 4.67. The molecule has 0 bridgehead atoms. The molecule has 1 N–H and O–H groups in total. The van der Waals surface area contributed by atoms with Gasteiger partial charge in [-0.1, -0.05) is 37.0 Å². The summed E-state index contributed by atoms with van der Waals surface area (Å²) < 4.78 is 3.00. The summed E-state index contributed by atoms with van der Waals surface area (Å²) in [6, 6.07) is 4.24. The smallest absolute Gasteiger partial charge is 0.178 e. The average Bonchev–Trinajstić information content (AvgIpc) is 2.69. The number of imidazole rings is 1. The Bertz CT molecular complexity index is 704. The monoisotopic (exact) mass is 328 g/mol. The maximum Gasteiger partial charge on any atom is 0.178 e. The van der Waals surface area contributed by atoms with Crippen LogP contribution >= 0.6 is 35.4 Å². The van der Waals surface area contributed by atoms with E-state index in [4.69, 9.17) is 35.4 Å². The molecule has 3 rings (SSSR count). The summed E-state index contributed by atoms with van der Waals surface area (Å²) in [6.07, 6.45) is 3.59. The van der Waals surface area contributed by atoms with Gasteiger partial charge in [0.05, 0.1) is 21.1 Å². The molecular formula is C15H18Cl2N2S. The van der Waals surface area contributed by atoms with Crippen LogP contribution in [0.3, 0.4) is 0 Å². The van der Waals surface area contributed by atoms with E-state index in [1.807, 2.05) is 12.1 Å². The molecule has 5 heteroatoms. The van der Waals surface area contributed by atoms with Gasteiger partial charge in [0.25, 0.3) is 0 Å². The zero-order valence-electron chi connectivity index (χ0n) is 11.6. The second-order valence-corrected chi connectivity index (χ2v) is 7.21. The lowest BCUT2D eigenvalue weighted by Crippen LogP contribution is -2.23. The molecule has 0 spiro atoms. The SMILES string of the molecule is CC1CCC(n2c(=S)[nH]c3cc(Cl)c(Cl)cc32)CC1C. The van der Waals surface area contributed by atoms with Gasteiger partial charge in [0.2, 0.25) is 0 Å². The van der Waals surface area contributed by atoms with Crippen molar-refractivity contribution in [1.82, 2.24) is 9.55 Å². The molecule has 3 atom stereocenters. The van der Waals surface area contributed by atoms with Gasteiger partial charge in [-0.05, 0) is 55.4 Å². The first kappa shape index (κ1) is 14.4. The normalized spacial score (nSPS) is 27.1. The Balaban J connectivity index is 2.09. The maximum absolute atomic E-state index is 6.17. The zero-order chi connectivity index (χ0) is 14.4. The second-order valence-electron chi connectivity index (χ2n) is 6.01. The molecule has 1 aliphatic carbocycles. The topological polar surface area (TPSA) is 20.7 Å². The van der Waals surface area contributed by atoms with Gasteiger partial charge in [0, 0.05) is 6.04 Å². The van der Waals surface area contributed by atoms with Crippen molar-refractivity contribution in [1.29, 1.82) is 0 Å². The molecule has 1 aromatic carbocycles. The fourth-order valence-corrected chi connectivity index (χ4v) is 3.92. The molecule has 0 radical (unpaired) electrons. The molecule has 20 heavy (non-hydrogen) atoms. The van der Waals surface area contributed by atoms with E-state index in [0.29, 0.717) is 16.1 Å². The lowest BCUT2D eigenvalue weighted by molar-refractivity contribution is 0.212. The zero-order valence-corrected chi connectivity index (χ0v) is 13.9. The molecule has 2 aromatic rings. The van der Waals surface area contributed by atoms with E-state index >= 15 is 0 Å². The largest absolute Gasteiger partial charge is 0.331 e. The van der Waals surface area contributed by atoms with Gasteiger partial charge in [-0.15, -0.1) is 0 Å². The molecular weight excluding hydrogens is 311 g/mol. The quantitative estimate of drug-likeness (QED) is 0.636. The van der Waals surface area contributed by atoms with Crippen molar-refractivity contribution < 1.29 is 0 Å². The van der Waals surface area contributed by atoms with E-state index in [1.165, 1.54) is 19.3 Å². The summed E-state index contributed by atoms with van der Waals surface area (Å²) in [7, 11) is 0. The first-order valence-corrected chi connectivity index (χ1v) is 8.23. The molecule has 1 fully saturated rings. The van der Waals surface area contributed by atoms with Crippen molar-refractivity contribution in [3.05, 3.63) is 26.9 Å². The van der Waals surface area contributed by atoms with Crippen molar-refractivity contribution in [3.8, 4) is 0 Å². The summed E-state index contributed by atoms with van der Waals surface area (Å²) >= 11 is 17.8. The van der Waals surface area contributed by atoms with Crippen LogP contribution in [-0.4, -0.2) is 9.55 Å². The maximum atomic E-state index is 6.17. The first-order chi connectivity index (χ1) is 9.47. The third kappa shape index (κ3) is 2.40. The van der Waals surface area contributed by atoms with Crippen molar-refractivity contribution in [2.45, 2.75) is 39.2 Å². The number of benzene rings is 1. The van der Waals surface area contributed by atoms with Crippen molar-refractivity contribution in [2.24, 2.45) is 11.8 Å². The van der Waals surface area contributed by atoms with Gasteiger partial charge < -0.3 is 9.55 Å². The Hall–Kier alpha value is -0.510. The number of halogens is 2. The fourth-order valence-electron chi connectivity index (χ4n) is 3.24. The van der Waals surface area contributed by atoms with E-state index in [0.717, 1.165) is 27.6 Å². The highest BCUT2D eigenvalue weighted by Crippen LogP contribution is 2.38. The Morgan fingerprint density at radius 3 is 2.55 bits per heavy atom. The molecule has 3 unspecified atom stereocenters. The molecule has 2 nitrogen and oxygen atoms in total. The van der Waals surface area contributed by atoms with E-state index in [1.54, 1.807) is 0 Å².